The number of ether oxygens (including phenoxy) is 1. The smallest absolute Gasteiger partial charge is 0.244 e. The Morgan fingerprint density at radius 2 is 1.67 bits per heavy atom. The Bertz CT molecular complexity index is 1380. The van der Waals surface area contributed by atoms with Gasteiger partial charge in [-0.15, -0.1) is 0 Å². The first kappa shape index (κ1) is 30.0. The van der Waals surface area contributed by atoms with Crippen molar-refractivity contribution in [3.63, 3.8) is 0 Å². The fourth-order valence-electron chi connectivity index (χ4n) is 4.19. The predicted molar refractivity (Wildman–Crippen MR) is 155 cm³/mol. The summed E-state index contributed by atoms with van der Waals surface area (Å²) >= 11 is 6.18. The van der Waals surface area contributed by atoms with Crippen molar-refractivity contribution in [1.29, 1.82) is 0 Å². The van der Waals surface area contributed by atoms with Gasteiger partial charge >= 0.3 is 0 Å². The van der Waals surface area contributed by atoms with Gasteiger partial charge in [0.25, 0.3) is 0 Å². The van der Waals surface area contributed by atoms with Crippen LogP contribution in [0, 0.1) is 6.92 Å². The Balaban J connectivity index is 2.07. The number of nitrogens with zero attached hydrogens (tertiary/aromatic N) is 2. The van der Waals surface area contributed by atoms with Gasteiger partial charge in [0.2, 0.25) is 21.8 Å². The molecule has 1 N–H and O–H groups in total. The first-order valence-electron chi connectivity index (χ1n) is 12.5. The molecule has 10 heteroatoms. The zero-order chi connectivity index (χ0) is 28.6. The lowest BCUT2D eigenvalue weighted by Crippen LogP contribution is -2.53. The van der Waals surface area contributed by atoms with Crippen LogP contribution in [-0.4, -0.2) is 57.6 Å². The lowest BCUT2D eigenvalue weighted by Gasteiger charge is -2.33. The van der Waals surface area contributed by atoms with Crippen molar-refractivity contribution in [1.82, 2.24) is 10.2 Å². The fraction of sp³-hybridized carbons (Fsp3) is 0.310. The number of nitrogens with one attached hydrogen (secondary N) is 1. The van der Waals surface area contributed by atoms with Crippen molar-refractivity contribution in [2.75, 3.05) is 30.8 Å². The van der Waals surface area contributed by atoms with Crippen LogP contribution in [0.4, 0.5) is 5.69 Å². The van der Waals surface area contributed by atoms with Crippen LogP contribution in [0.2, 0.25) is 5.02 Å². The van der Waals surface area contributed by atoms with Crippen LogP contribution < -0.4 is 14.4 Å². The highest BCUT2D eigenvalue weighted by atomic mass is 35.5. The van der Waals surface area contributed by atoms with E-state index in [1.165, 1.54) is 24.1 Å². The molecule has 0 fully saturated rings. The summed E-state index contributed by atoms with van der Waals surface area (Å²) < 4.78 is 32.2. The molecule has 0 spiro atoms. The Morgan fingerprint density at radius 1 is 1.00 bits per heavy atom. The number of hydrogen-bond donors (Lipinski definition) is 1. The number of aryl methyl sites for hydroxylation is 1. The number of hydrogen-bond acceptors (Lipinski definition) is 5. The van der Waals surface area contributed by atoms with E-state index in [1.807, 2.05) is 61.5 Å². The molecule has 0 aliphatic heterocycles. The van der Waals surface area contributed by atoms with Gasteiger partial charge in [-0.05, 0) is 43.2 Å². The molecule has 0 aliphatic rings. The van der Waals surface area contributed by atoms with Gasteiger partial charge in [-0.2, -0.15) is 0 Å². The molecule has 3 rings (SSSR count). The van der Waals surface area contributed by atoms with Gasteiger partial charge in [0.05, 0.1) is 19.1 Å². The van der Waals surface area contributed by atoms with E-state index in [4.69, 9.17) is 16.3 Å². The van der Waals surface area contributed by atoms with Crippen molar-refractivity contribution in [2.45, 2.75) is 32.9 Å². The molecule has 0 saturated heterocycles. The summed E-state index contributed by atoms with van der Waals surface area (Å²) in [5.41, 5.74) is 2.86. The molecule has 0 heterocycles. The molecule has 2 amide bonds. The average molecular weight is 572 g/mol. The molecule has 0 aromatic heterocycles. The second-order valence-electron chi connectivity index (χ2n) is 9.19. The molecule has 39 heavy (non-hydrogen) atoms. The van der Waals surface area contributed by atoms with Crippen molar-refractivity contribution >= 4 is 39.1 Å². The lowest BCUT2D eigenvalue weighted by molar-refractivity contribution is -0.140. The highest BCUT2D eigenvalue weighted by molar-refractivity contribution is 7.92. The molecular formula is C29H34ClN3O5S. The normalized spacial score (nSPS) is 11.9. The van der Waals surface area contributed by atoms with Crippen LogP contribution in [0.25, 0.3) is 0 Å². The minimum atomic E-state index is -3.94. The van der Waals surface area contributed by atoms with Gasteiger partial charge in [0, 0.05) is 24.5 Å². The third kappa shape index (κ3) is 8.21. The molecule has 3 aromatic rings. The number of likely N-dealkylation sites (N-methyl/N-ethyl adjacent to an activating group) is 1. The highest BCUT2D eigenvalue weighted by Crippen LogP contribution is 2.33. The number of halogens is 1. The van der Waals surface area contributed by atoms with E-state index in [9.17, 15) is 18.0 Å². The summed E-state index contributed by atoms with van der Waals surface area (Å²) in [6.07, 6.45) is 1.26. The minimum absolute atomic E-state index is 0.109. The molecular weight excluding hydrogens is 538 g/mol. The van der Waals surface area contributed by atoms with Crippen LogP contribution in [0.3, 0.4) is 0 Å². The average Bonchev–Trinajstić information content (AvgIpc) is 2.90. The number of carbonyl (C=O) groups excluding carboxylic acids is 2. The summed E-state index contributed by atoms with van der Waals surface area (Å²) in [4.78, 5) is 28.8. The van der Waals surface area contributed by atoms with Crippen LogP contribution >= 0.6 is 11.6 Å². The quantitative estimate of drug-likeness (QED) is 0.351. The van der Waals surface area contributed by atoms with Crippen LogP contribution in [0.1, 0.15) is 23.6 Å². The first-order valence-corrected chi connectivity index (χ1v) is 14.7. The highest BCUT2D eigenvalue weighted by Gasteiger charge is 2.33. The van der Waals surface area contributed by atoms with Gasteiger partial charge in [-0.25, -0.2) is 8.42 Å². The van der Waals surface area contributed by atoms with Crippen molar-refractivity contribution in [3.05, 3.63) is 94.5 Å². The number of carbonyl (C=O) groups is 2. The SMILES string of the molecule is CCNC(=O)C(Cc1ccccc1)N(Cc1ccc(C)cc1)C(=O)CN(c1cc(Cl)ccc1OC)S(C)(=O)=O. The number of anilines is 1. The molecule has 1 atom stereocenters. The minimum Gasteiger partial charge on any atom is -0.495 e. The lowest BCUT2D eigenvalue weighted by atomic mass is 10.0. The standard InChI is InChI=1S/C29H34ClN3O5S/c1-5-31-29(35)26(17-22-9-7-6-8-10-22)32(19-23-13-11-21(2)12-14-23)28(34)20-33(39(4,36)37)25-18-24(30)15-16-27(25)38-3/h6-16,18,26H,5,17,19-20H2,1-4H3,(H,31,35). The van der Waals surface area contributed by atoms with E-state index in [0.717, 1.165) is 27.3 Å². The third-order valence-electron chi connectivity index (χ3n) is 6.18. The zero-order valence-corrected chi connectivity index (χ0v) is 24.1. The summed E-state index contributed by atoms with van der Waals surface area (Å²) in [7, 11) is -2.54. The van der Waals surface area contributed by atoms with Crippen molar-refractivity contribution < 1.29 is 22.7 Å². The first-order chi connectivity index (χ1) is 18.5. The Labute approximate surface area is 235 Å². The van der Waals surface area contributed by atoms with E-state index in [1.54, 1.807) is 13.0 Å². The van der Waals surface area contributed by atoms with E-state index >= 15 is 0 Å². The summed E-state index contributed by atoms with van der Waals surface area (Å²) in [5, 5.41) is 3.12. The number of sulfonamides is 1. The summed E-state index contributed by atoms with van der Waals surface area (Å²) in [6, 6.07) is 20.7. The molecule has 0 saturated carbocycles. The Kier molecular flexibility index (Phi) is 10.4. The molecule has 8 nitrogen and oxygen atoms in total. The second kappa shape index (κ2) is 13.5. The summed E-state index contributed by atoms with van der Waals surface area (Å²) in [6.45, 7) is 3.71. The van der Waals surface area contributed by atoms with Gasteiger partial charge in [-0.1, -0.05) is 71.8 Å². The monoisotopic (exact) mass is 571 g/mol. The largest absolute Gasteiger partial charge is 0.495 e. The Morgan fingerprint density at radius 3 is 2.26 bits per heavy atom. The van der Waals surface area contributed by atoms with Gasteiger partial charge < -0.3 is 15.0 Å². The van der Waals surface area contributed by atoms with E-state index < -0.39 is 28.5 Å². The number of benzene rings is 3. The Hall–Kier alpha value is -3.56. The van der Waals surface area contributed by atoms with Crippen molar-refractivity contribution in [3.8, 4) is 5.75 Å². The van der Waals surface area contributed by atoms with Gasteiger partial charge in [0.1, 0.15) is 18.3 Å². The molecule has 0 aliphatic carbocycles. The molecule has 0 bridgehead atoms. The van der Waals surface area contributed by atoms with Crippen LogP contribution in [0.5, 0.6) is 5.75 Å². The van der Waals surface area contributed by atoms with E-state index in [2.05, 4.69) is 5.32 Å². The van der Waals surface area contributed by atoms with Crippen LogP contribution in [0.15, 0.2) is 72.8 Å². The fourth-order valence-corrected chi connectivity index (χ4v) is 5.20. The van der Waals surface area contributed by atoms with Gasteiger partial charge in [-0.3, -0.25) is 13.9 Å². The van der Waals surface area contributed by atoms with Gasteiger partial charge in [0.15, 0.2) is 0 Å². The molecule has 3 aromatic carbocycles. The number of amides is 2. The van der Waals surface area contributed by atoms with Crippen molar-refractivity contribution in [2.24, 2.45) is 0 Å². The second-order valence-corrected chi connectivity index (χ2v) is 11.5. The molecule has 0 radical (unpaired) electrons. The number of rotatable bonds is 12. The van der Waals surface area contributed by atoms with E-state index in [-0.39, 0.29) is 35.3 Å². The predicted octanol–water partition coefficient (Wildman–Crippen LogP) is 4.20. The topological polar surface area (TPSA) is 96.0 Å². The number of methoxy groups -OCH3 is 1. The zero-order valence-electron chi connectivity index (χ0n) is 22.6. The van der Waals surface area contributed by atoms with Crippen LogP contribution in [-0.2, 0) is 32.6 Å². The summed E-state index contributed by atoms with van der Waals surface area (Å²) in [5.74, 6) is -0.629. The van der Waals surface area contributed by atoms with E-state index in [0.29, 0.717) is 6.54 Å². The maximum Gasteiger partial charge on any atom is 0.244 e. The maximum absolute atomic E-state index is 14.0. The third-order valence-corrected chi connectivity index (χ3v) is 7.55. The molecule has 1 unspecified atom stereocenters. The maximum atomic E-state index is 14.0. The molecule has 208 valence electrons.